The number of ether oxygens (including phenoxy) is 4. The highest BCUT2D eigenvalue weighted by molar-refractivity contribution is 5.81. The fraction of sp³-hybridized carbons (Fsp3) is 0.500. The lowest BCUT2D eigenvalue weighted by Gasteiger charge is -2.28. The maximum Gasteiger partial charge on any atom is 0.203 e. The Morgan fingerprint density at radius 2 is 1.71 bits per heavy atom. The van der Waals surface area contributed by atoms with Gasteiger partial charge in [0.15, 0.2) is 29.2 Å². The van der Waals surface area contributed by atoms with Crippen molar-refractivity contribution in [3.8, 4) is 17.2 Å². The third-order valence-corrected chi connectivity index (χ3v) is 6.32. The highest BCUT2D eigenvalue weighted by Crippen LogP contribution is 2.42. The molecule has 1 radical (unpaired) electrons. The van der Waals surface area contributed by atoms with Crippen molar-refractivity contribution < 1.29 is 39.4 Å². The monoisotopic (exact) mass is 490 g/mol. The van der Waals surface area contributed by atoms with Crippen LogP contribution in [0.25, 0.3) is 11.2 Å². The van der Waals surface area contributed by atoms with Gasteiger partial charge in [0.05, 0.1) is 27.7 Å². The number of hydrogen-bond acceptors (Lipinski definition) is 11. The molecule has 1 aliphatic rings. The van der Waals surface area contributed by atoms with Crippen molar-refractivity contribution in [2.45, 2.75) is 49.6 Å². The Morgan fingerprint density at radius 1 is 1.06 bits per heavy atom. The molecule has 0 aliphatic carbocycles. The van der Waals surface area contributed by atoms with Gasteiger partial charge in [-0.3, -0.25) is 4.57 Å². The summed E-state index contributed by atoms with van der Waals surface area (Å²) in [6, 6.07) is 3.24. The maximum absolute atomic E-state index is 13.3. The van der Waals surface area contributed by atoms with Gasteiger partial charge in [0.2, 0.25) is 5.75 Å². The van der Waals surface area contributed by atoms with Crippen molar-refractivity contribution >= 4 is 17.0 Å². The lowest BCUT2D eigenvalue weighted by molar-refractivity contribution is -0.138. The van der Waals surface area contributed by atoms with E-state index in [9.17, 15) is 20.4 Å². The van der Waals surface area contributed by atoms with E-state index in [2.05, 4.69) is 15.0 Å². The van der Waals surface area contributed by atoms with E-state index in [0.717, 1.165) is 0 Å². The van der Waals surface area contributed by atoms with Crippen molar-refractivity contribution in [3.05, 3.63) is 30.4 Å². The number of nitrogen functional groups attached to an aromatic ring is 1. The van der Waals surface area contributed by atoms with Gasteiger partial charge in [0, 0.05) is 5.92 Å². The van der Waals surface area contributed by atoms with Gasteiger partial charge in [-0.25, -0.2) is 20.1 Å². The van der Waals surface area contributed by atoms with Crippen molar-refractivity contribution in [2.24, 2.45) is 0 Å². The van der Waals surface area contributed by atoms with Gasteiger partial charge >= 0.3 is 0 Å². The molecule has 3 unspecified atom stereocenters. The summed E-state index contributed by atoms with van der Waals surface area (Å²) in [5.41, 5.74) is 6.89. The first-order valence-electron chi connectivity index (χ1n) is 10.8. The Balaban J connectivity index is 1.58. The van der Waals surface area contributed by atoms with Crippen molar-refractivity contribution in [2.75, 3.05) is 27.1 Å². The molecule has 3 heterocycles. The van der Waals surface area contributed by atoms with E-state index < -0.39 is 42.7 Å². The van der Waals surface area contributed by atoms with E-state index in [4.69, 9.17) is 24.7 Å². The summed E-state index contributed by atoms with van der Waals surface area (Å²) in [7, 11) is 4.38. The summed E-state index contributed by atoms with van der Waals surface area (Å²) in [4.78, 5) is 12.1. The highest BCUT2D eigenvalue weighted by Gasteiger charge is 2.50. The Bertz CT molecular complexity index is 1160. The van der Waals surface area contributed by atoms with Crippen LogP contribution in [0.5, 0.6) is 17.2 Å². The number of fused-ring (bicyclic) bond motifs is 1. The number of nitrogens with zero attached hydrogens (tertiary/aromatic N) is 4. The van der Waals surface area contributed by atoms with E-state index in [1.165, 1.54) is 38.6 Å². The number of aliphatic hydroxyl groups is 3. The number of methoxy groups -OCH3 is 3. The van der Waals surface area contributed by atoms with Gasteiger partial charge in [-0.05, 0) is 17.7 Å². The summed E-state index contributed by atoms with van der Waals surface area (Å²) in [6.45, 7) is 1.62. The van der Waals surface area contributed by atoms with Gasteiger partial charge in [0.25, 0.3) is 0 Å². The largest absolute Gasteiger partial charge is 0.493 e. The van der Waals surface area contributed by atoms with Gasteiger partial charge < -0.3 is 40.0 Å². The van der Waals surface area contributed by atoms with Crippen molar-refractivity contribution in [1.29, 1.82) is 0 Å². The third kappa shape index (κ3) is 4.21. The van der Waals surface area contributed by atoms with Gasteiger partial charge in [-0.2, -0.15) is 0 Å². The molecule has 0 spiro atoms. The summed E-state index contributed by atoms with van der Waals surface area (Å²) in [5, 5.41) is 45.5. The fourth-order valence-electron chi connectivity index (χ4n) is 4.29. The minimum atomic E-state index is -1.67. The summed E-state index contributed by atoms with van der Waals surface area (Å²) in [5.74, 6) is 0.462. The fourth-order valence-corrected chi connectivity index (χ4v) is 4.29. The second-order valence-electron chi connectivity index (χ2n) is 8.26. The minimum absolute atomic E-state index is 0.136. The van der Waals surface area contributed by atoms with Crippen LogP contribution in [0.15, 0.2) is 24.8 Å². The number of hydrogen-bond donors (Lipinski definition) is 4. The van der Waals surface area contributed by atoms with Crippen LogP contribution in [0.3, 0.4) is 0 Å². The Hall–Kier alpha value is -3.23. The zero-order valence-corrected chi connectivity index (χ0v) is 19.6. The lowest BCUT2D eigenvalue weighted by atomic mass is 9.88. The molecular weight excluding hydrogens is 462 g/mol. The topological polar surface area (TPSA) is 187 Å². The van der Waals surface area contributed by atoms with Crippen LogP contribution in [0.4, 0.5) is 5.82 Å². The Labute approximate surface area is 200 Å². The molecule has 0 bridgehead atoms. The van der Waals surface area contributed by atoms with E-state index in [0.29, 0.717) is 28.3 Å². The van der Waals surface area contributed by atoms with Crippen molar-refractivity contribution in [1.82, 2.24) is 19.5 Å². The molecule has 13 nitrogen and oxygen atoms in total. The average molecular weight is 490 g/mol. The molecule has 0 saturated carbocycles. The van der Waals surface area contributed by atoms with E-state index in [1.54, 1.807) is 19.1 Å². The van der Waals surface area contributed by atoms with E-state index >= 15 is 0 Å². The molecule has 0 amide bonds. The molecule has 189 valence electrons. The van der Waals surface area contributed by atoms with E-state index in [1.807, 2.05) is 0 Å². The van der Waals surface area contributed by atoms with Crippen LogP contribution in [-0.2, 0) is 9.84 Å². The zero-order valence-electron chi connectivity index (χ0n) is 19.6. The predicted octanol–water partition coefficient (Wildman–Crippen LogP) is 0.0172. The van der Waals surface area contributed by atoms with Crippen LogP contribution in [0.2, 0.25) is 0 Å². The summed E-state index contributed by atoms with van der Waals surface area (Å²) >= 11 is 0. The third-order valence-electron chi connectivity index (χ3n) is 6.32. The molecule has 1 aromatic carbocycles. The molecule has 1 saturated heterocycles. The van der Waals surface area contributed by atoms with Crippen LogP contribution < -0.4 is 19.9 Å². The van der Waals surface area contributed by atoms with Crippen LogP contribution in [0, 0.1) is 0 Å². The average Bonchev–Trinajstić information content (AvgIpc) is 3.43. The van der Waals surface area contributed by atoms with Gasteiger partial charge in [0.1, 0.15) is 42.4 Å². The molecular formula is C22H28N5O8. The van der Waals surface area contributed by atoms with Crippen LogP contribution in [-0.4, -0.2) is 86.7 Å². The second-order valence-corrected chi connectivity index (χ2v) is 8.26. The number of rotatable bonds is 8. The molecule has 5 N–H and O–H groups in total. The molecule has 2 aromatic heterocycles. The minimum Gasteiger partial charge on any atom is -0.493 e. The van der Waals surface area contributed by atoms with Crippen molar-refractivity contribution in [3.63, 3.8) is 0 Å². The smallest absolute Gasteiger partial charge is 0.203 e. The molecule has 1 fully saturated rings. The summed E-state index contributed by atoms with van der Waals surface area (Å²) in [6.07, 6.45) is -6.30. The predicted molar refractivity (Wildman–Crippen MR) is 121 cm³/mol. The van der Waals surface area contributed by atoms with Gasteiger partial charge in [-0.1, -0.05) is 6.92 Å². The molecule has 3 aromatic rings. The number of imidazole rings is 1. The Morgan fingerprint density at radius 3 is 2.31 bits per heavy atom. The van der Waals surface area contributed by atoms with E-state index in [-0.39, 0.29) is 11.5 Å². The maximum atomic E-state index is 13.3. The molecule has 1 aliphatic heterocycles. The number of aromatic nitrogens is 4. The lowest BCUT2D eigenvalue weighted by Crippen LogP contribution is -2.46. The molecule has 35 heavy (non-hydrogen) atoms. The first-order valence-corrected chi connectivity index (χ1v) is 10.8. The molecule has 13 heteroatoms. The molecule has 4 rings (SSSR count). The van der Waals surface area contributed by atoms with Crippen LogP contribution in [0.1, 0.15) is 24.6 Å². The Kier molecular flexibility index (Phi) is 6.96. The number of aliphatic hydroxyl groups excluding tert-OH is 3. The normalized spacial score (nSPS) is 24.8. The summed E-state index contributed by atoms with van der Waals surface area (Å²) < 4.78 is 23.1. The quantitative estimate of drug-likeness (QED) is 0.333. The number of benzene rings is 1. The number of anilines is 1. The zero-order chi connectivity index (χ0) is 25.4. The van der Waals surface area contributed by atoms with Crippen LogP contribution >= 0.6 is 0 Å². The standard InChI is InChI=1S/C22H28N5O8/c1-9(10-5-11(32-2)18(34-4)12(6-10)33-3)14(28)15(29)19-16(30)17(31)22(35-19)27-8-26-13-20(23)24-7-25-21(13)27/h5-9,14-17,19,22,29-31H,1-4H3,(H2,23,24,25)/t9?,14?,15?,16-,17+,19+,22+/m0/s1. The first kappa shape index (κ1) is 24.9. The second kappa shape index (κ2) is 9.79. The van der Waals surface area contributed by atoms with Gasteiger partial charge in [-0.15, -0.1) is 0 Å². The first-order chi connectivity index (χ1) is 16.7. The highest BCUT2D eigenvalue weighted by atomic mass is 16.6. The number of nitrogens with two attached hydrogens (primary N) is 1. The SMILES string of the molecule is COc1cc(C(C)C([O])C(O)[C@H]2O[C@@H](n3cnc4c(N)ncnc43)[C@H](O)[C@@H]2O)cc(OC)c1OC. The molecule has 7 atom stereocenters.